The number of carbonyl (C=O) groups excluding carboxylic acids is 1. The van der Waals surface area contributed by atoms with Crippen molar-refractivity contribution in [3.8, 4) is 0 Å². The molecule has 0 aliphatic carbocycles. The van der Waals surface area contributed by atoms with Crippen LogP contribution in [0.15, 0.2) is 24.3 Å². The van der Waals surface area contributed by atoms with Crippen LogP contribution in [0.4, 0.5) is 0 Å². The number of amides is 1. The molecule has 0 bridgehead atoms. The standard InChI is InChI=1S/C18H27N3O5S.ClH/c22-18(11-17-13-26-8-5-19-17)20-12-15-3-1-2-4-16(15)14-27(23,24)21-6-9-25-10-7-21;/h1-4,17,19H,5-14H2,(H,20,22);1H. The van der Waals surface area contributed by atoms with E-state index in [-0.39, 0.29) is 30.1 Å². The molecule has 0 aromatic heterocycles. The normalized spacial score (nSPS) is 20.9. The summed E-state index contributed by atoms with van der Waals surface area (Å²) >= 11 is 0. The van der Waals surface area contributed by atoms with E-state index in [1.807, 2.05) is 18.2 Å². The molecule has 0 saturated carbocycles. The maximum absolute atomic E-state index is 12.7. The molecule has 158 valence electrons. The minimum absolute atomic E-state index is 0. The van der Waals surface area contributed by atoms with Crippen molar-refractivity contribution in [1.82, 2.24) is 14.9 Å². The SMILES string of the molecule is Cl.O=C(CC1COCCN1)NCc1ccccc1CS(=O)(=O)N1CCOCC1. The second-order valence-corrected chi connectivity index (χ2v) is 8.71. The van der Waals surface area contributed by atoms with Gasteiger partial charge < -0.3 is 20.1 Å². The Morgan fingerprint density at radius 2 is 1.86 bits per heavy atom. The highest BCUT2D eigenvalue weighted by Gasteiger charge is 2.25. The monoisotopic (exact) mass is 433 g/mol. The average molecular weight is 434 g/mol. The molecule has 0 spiro atoms. The number of nitrogens with zero attached hydrogens (tertiary/aromatic N) is 1. The molecule has 1 unspecified atom stereocenters. The summed E-state index contributed by atoms with van der Waals surface area (Å²) in [4.78, 5) is 12.2. The highest BCUT2D eigenvalue weighted by molar-refractivity contribution is 7.88. The van der Waals surface area contributed by atoms with Crippen LogP contribution in [-0.4, -0.2) is 70.7 Å². The minimum atomic E-state index is -3.41. The third-order valence-electron chi connectivity index (χ3n) is 4.73. The number of rotatable bonds is 7. The summed E-state index contributed by atoms with van der Waals surface area (Å²) in [5.74, 6) is -0.152. The lowest BCUT2D eigenvalue weighted by Gasteiger charge is -2.26. The summed E-state index contributed by atoms with van der Waals surface area (Å²) in [6.45, 7) is 3.88. The molecule has 10 heteroatoms. The zero-order valence-corrected chi connectivity index (χ0v) is 17.4. The van der Waals surface area contributed by atoms with E-state index in [1.54, 1.807) is 6.07 Å². The lowest BCUT2D eigenvalue weighted by atomic mass is 10.1. The molecule has 2 saturated heterocycles. The van der Waals surface area contributed by atoms with E-state index in [0.717, 1.165) is 12.1 Å². The molecule has 3 rings (SSSR count). The van der Waals surface area contributed by atoms with Crippen LogP contribution >= 0.6 is 12.4 Å². The number of halogens is 1. The second-order valence-electron chi connectivity index (χ2n) is 6.74. The van der Waals surface area contributed by atoms with E-state index >= 15 is 0 Å². The van der Waals surface area contributed by atoms with Crippen molar-refractivity contribution >= 4 is 28.3 Å². The van der Waals surface area contributed by atoms with Crippen molar-refractivity contribution in [2.45, 2.75) is 24.8 Å². The van der Waals surface area contributed by atoms with Gasteiger partial charge in [0.2, 0.25) is 15.9 Å². The summed E-state index contributed by atoms with van der Waals surface area (Å²) in [6.07, 6.45) is 0.342. The van der Waals surface area contributed by atoms with Gasteiger partial charge >= 0.3 is 0 Å². The van der Waals surface area contributed by atoms with Gasteiger partial charge in [-0.3, -0.25) is 4.79 Å². The van der Waals surface area contributed by atoms with Crippen LogP contribution in [0.2, 0.25) is 0 Å². The van der Waals surface area contributed by atoms with Gasteiger partial charge in [0.15, 0.2) is 0 Å². The third-order valence-corrected chi connectivity index (χ3v) is 6.55. The molecular formula is C18H28ClN3O5S. The van der Waals surface area contributed by atoms with Crippen molar-refractivity contribution in [3.05, 3.63) is 35.4 Å². The van der Waals surface area contributed by atoms with Gasteiger partial charge in [-0.05, 0) is 11.1 Å². The molecule has 0 radical (unpaired) electrons. The Kier molecular flexibility index (Phi) is 9.13. The van der Waals surface area contributed by atoms with Crippen LogP contribution in [0.25, 0.3) is 0 Å². The Morgan fingerprint density at radius 3 is 2.54 bits per heavy atom. The molecule has 2 aliphatic rings. The maximum atomic E-state index is 12.7. The lowest BCUT2D eigenvalue weighted by Crippen LogP contribution is -2.44. The van der Waals surface area contributed by atoms with E-state index in [0.29, 0.717) is 58.0 Å². The van der Waals surface area contributed by atoms with E-state index in [9.17, 15) is 13.2 Å². The number of morpholine rings is 2. The molecule has 1 aromatic carbocycles. The molecule has 28 heavy (non-hydrogen) atoms. The summed E-state index contributed by atoms with van der Waals surface area (Å²) in [5.41, 5.74) is 1.53. The Hall–Kier alpha value is -1.23. The fourth-order valence-corrected chi connectivity index (χ4v) is 4.79. The molecule has 2 N–H and O–H groups in total. The van der Waals surface area contributed by atoms with Gasteiger partial charge in [-0.25, -0.2) is 8.42 Å². The summed E-state index contributed by atoms with van der Waals surface area (Å²) in [6, 6.07) is 7.35. The topological polar surface area (TPSA) is 97.0 Å². The van der Waals surface area contributed by atoms with Crippen molar-refractivity contribution in [1.29, 1.82) is 0 Å². The molecule has 8 nitrogen and oxygen atoms in total. The molecule has 1 amide bonds. The van der Waals surface area contributed by atoms with E-state index in [4.69, 9.17) is 9.47 Å². The number of carbonyl (C=O) groups is 1. The van der Waals surface area contributed by atoms with Gasteiger partial charge in [-0.1, -0.05) is 24.3 Å². The van der Waals surface area contributed by atoms with Gasteiger partial charge in [0.25, 0.3) is 0 Å². The molecule has 1 aromatic rings. The lowest BCUT2D eigenvalue weighted by molar-refractivity contribution is -0.122. The maximum Gasteiger partial charge on any atom is 0.221 e. The van der Waals surface area contributed by atoms with Gasteiger partial charge in [0, 0.05) is 38.6 Å². The molecule has 2 heterocycles. The Bertz CT molecular complexity index is 734. The van der Waals surface area contributed by atoms with Crippen LogP contribution in [0.3, 0.4) is 0 Å². The minimum Gasteiger partial charge on any atom is -0.379 e. The first-order valence-electron chi connectivity index (χ1n) is 9.25. The van der Waals surface area contributed by atoms with Crippen LogP contribution in [0.1, 0.15) is 17.5 Å². The van der Waals surface area contributed by atoms with Gasteiger partial charge in [-0.2, -0.15) is 4.31 Å². The zero-order valence-electron chi connectivity index (χ0n) is 15.8. The molecule has 2 fully saturated rings. The Labute approximate surface area is 172 Å². The van der Waals surface area contributed by atoms with E-state index in [2.05, 4.69) is 10.6 Å². The largest absolute Gasteiger partial charge is 0.379 e. The third kappa shape index (κ3) is 6.68. The first-order valence-corrected chi connectivity index (χ1v) is 10.9. The van der Waals surface area contributed by atoms with Gasteiger partial charge in [0.1, 0.15) is 0 Å². The highest BCUT2D eigenvalue weighted by Crippen LogP contribution is 2.16. The number of nitrogens with one attached hydrogen (secondary N) is 2. The summed E-state index contributed by atoms with van der Waals surface area (Å²) in [5, 5.41) is 6.14. The summed E-state index contributed by atoms with van der Waals surface area (Å²) in [7, 11) is -3.41. The van der Waals surface area contributed by atoms with Crippen molar-refractivity contribution in [3.63, 3.8) is 0 Å². The average Bonchev–Trinajstić information content (AvgIpc) is 2.68. The van der Waals surface area contributed by atoms with Gasteiger partial charge in [0.05, 0.1) is 32.2 Å². The Balaban J connectivity index is 0.00000280. The van der Waals surface area contributed by atoms with Crippen molar-refractivity contribution < 1.29 is 22.7 Å². The predicted octanol–water partition coefficient (Wildman–Crippen LogP) is 0.265. The second kappa shape index (κ2) is 11.1. The van der Waals surface area contributed by atoms with Crippen LogP contribution in [0.5, 0.6) is 0 Å². The van der Waals surface area contributed by atoms with Crippen LogP contribution < -0.4 is 10.6 Å². The van der Waals surface area contributed by atoms with Crippen LogP contribution in [-0.2, 0) is 36.6 Å². The van der Waals surface area contributed by atoms with Crippen molar-refractivity contribution in [2.24, 2.45) is 0 Å². The highest BCUT2D eigenvalue weighted by atomic mass is 35.5. The molecule has 1 atom stereocenters. The van der Waals surface area contributed by atoms with Crippen LogP contribution in [0, 0.1) is 0 Å². The van der Waals surface area contributed by atoms with Gasteiger partial charge in [-0.15, -0.1) is 12.4 Å². The predicted molar refractivity (Wildman–Crippen MR) is 108 cm³/mol. The van der Waals surface area contributed by atoms with E-state index in [1.165, 1.54) is 4.31 Å². The fourth-order valence-electron chi connectivity index (χ4n) is 3.22. The quantitative estimate of drug-likeness (QED) is 0.640. The number of ether oxygens (including phenoxy) is 2. The molecular weight excluding hydrogens is 406 g/mol. The van der Waals surface area contributed by atoms with Crippen molar-refractivity contribution in [2.75, 3.05) is 46.1 Å². The number of benzene rings is 1. The summed E-state index contributed by atoms with van der Waals surface area (Å²) < 4.78 is 37.4. The fraction of sp³-hybridized carbons (Fsp3) is 0.611. The first kappa shape index (κ1) is 23.1. The molecule has 2 aliphatic heterocycles. The number of hydrogen-bond donors (Lipinski definition) is 2. The number of sulfonamides is 1. The first-order chi connectivity index (χ1) is 13.0. The smallest absolute Gasteiger partial charge is 0.221 e. The van der Waals surface area contributed by atoms with E-state index < -0.39 is 10.0 Å². The Morgan fingerprint density at radius 1 is 1.14 bits per heavy atom. The zero-order chi connectivity index (χ0) is 19.1. The number of hydrogen-bond acceptors (Lipinski definition) is 6.